The van der Waals surface area contributed by atoms with Crippen LogP contribution in [-0.4, -0.2) is 38.8 Å². The molecule has 0 bridgehead atoms. The molecule has 0 aromatic heterocycles. The maximum absolute atomic E-state index is 12.9. The van der Waals surface area contributed by atoms with Crippen LogP contribution in [0.5, 0.6) is 0 Å². The van der Waals surface area contributed by atoms with Gasteiger partial charge in [0.15, 0.2) is 9.84 Å². The molecule has 2 aromatic rings. The van der Waals surface area contributed by atoms with Crippen molar-refractivity contribution in [2.75, 3.05) is 17.6 Å². The van der Waals surface area contributed by atoms with Crippen molar-refractivity contribution >= 4 is 56.8 Å². The number of carbonyl (C=O) groups is 2. The smallest absolute Gasteiger partial charge is 0.359 e. The van der Waals surface area contributed by atoms with Crippen LogP contribution in [0.25, 0.3) is 0 Å². The summed E-state index contributed by atoms with van der Waals surface area (Å²) in [4.78, 5) is 29.4. The number of alkyl halides is 1. The first kappa shape index (κ1) is 22.8. The minimum atomic E-state index is -3.85. The van der Waals surface area contributed by atoms with E-state index in [2.05, 4.69) is 15.6 Å². The molecular formula is C20H17Cl2N3O5S. The number of nitrogens with one attached hydrogen (secondary N) is 2. The van der Waals surface area contributed by atoms with Crippen molar-refractivity contribution in [2.24, 2.45) is 4.99 Å². The quantitative estimate of drug-likeness (QED) is 0.483. The number of hydrogen-bond acceptors (Lipinski definition) is 7. The summed E-state index contributed by atoms with van der Waals surface area (Å²) in [6.45, 7) is 0. The number of esters is 1. The summed E-state index contributed by atoms with van der Waals surface area (Å²) in [5.74, 6) is -1.42. The van der Waals surface area contributed by atoms with Gasteiger partial charge in [0.2, 0.25) is 0 Å². The first-order chi connectivity index (χ1) is 14.8. The third kappa shape index (κ3) is 4.30. The van der Waals surface area contributed by atoms with E-state index in [1.807, 2.05) is 0 Å². The highest BCUT2D eigenvalue weighted by Gasteiger charge is 2.43. The summed E-state index contributed by atoms with van der Waals surface area (Å²) >= 11 is 12.1. The Morgan fingerprint density at radius 3 is 2.58 bits per heavy atom. The number of nitrogens with zero attached hydrogens (tertiary/aromatic N) is 1. The number of benzene rings is 2. The number of allylic oxidation sites excluding steroid dienone is 1. The zero-order valence-electron chi connectivity index (χ0n) is 16.1. The molecule has 0 spiro atoms. The number of aliphatic imine (C=N–C) groups is 1. The van der Waals surface area contributed by atoms with Crippen LogP contribution in [0.1, 0.15) is 15.9 Å². The summed E-state index contributed by atoms with van der Waals surface area (Å²) in [7, 11) is -2.64. The van der Waals surface area contributed by atoms with Crippen molar-refractivity contribution in [1.82, 2.24) is 5.32 Å². The number of rotatable bonds is 6. The Bertz CT molecular complexity index is 1200. The second kappa shape index (κ2) is 9.09. The zero-order chi connectivity index (χ0) is 22.6. The van der Waals surface area contributed by atoms with Gasteiger partial charge in [-0.1, -0.05) is 35.9 Å². The van der Waals surface area contributed by atoms with Crippen molar-refractivity contribution in [3.8, 4) is 0 Å². The fraction of sp³-hybridized carbons (Fsp3) is 0.150. The first-order valence-electron chi connectivity index (χ1n) is 8.81. The lowest BCUT2D eigenvalue weighted by Crippen LogP contribution is -2.47. The molecule has 31 heavy (non-hydrogen) atoms. The summed E-state index contributed by atoms with van der Waals surface area (Å²) in [6.07, 6.45) is 4.52. The second-order valence-corrected chi connectivity index (χ2v) is 9.25. The van der Waals surface area contributed by atoms with Crippen LogP contribution in [0.15, 0.2) is 64.6 Å². The van der Waals surface area contributed by atoms with Gasteiger partial charge in [0.25, 0.3) is 11.6 Å². The van der Waals surface area contributed by atoms with Crippen LogP contribution in [0.4, 0.5) is 5.69 Å². The van der Waals surface area contributed by atoms with Crippen LogP contribution in [0, 0.1) is 0 Å². The maximum atomic E-state index is 12.9. The predicted molar refractivity (Wildman–Crippen MR) is 118 cm³/mol. The van der Waals surface area contributed by atoms with E-state index in [1.165, 1.54) is 49.9 Å². The van der Waals surface area contributed by atoms with E-state index < -0.39 is 32.6 Å². The van der Waals surface area contributed by atoms with Crippen LogP contribution in [0.3, 0.4) is 0 Å². The number of methoxy groups -OCH3 is 1. The van der Waals surface area contributed by atoms with Gasteiger partial charge in [0, 0.05) is 18.0 Å². The van der Waals surface area contributed by atoms with Gasteiger partial charge in [-0.15, -0.1) is 11.6 Å². The molecule has 3 rings (SSSR count). The Balaban J connectivity index is 2.03. The monoisotopic (exact) mass is 481 g/mol. The third-order valence-electron chi connectivity index (χ3n) is 4.47. The summed E-state index contributed by atoms with van der Waals surface area (Å²) in [5, 5.41) is 4.79. The zero-order valence-corrected chi connectivity index (χ0v) is 18.5. The molecule has 0 aliphatic carbocycles. The minimum Gasteiger partial charge on any atom is -0.466 e. The fourth-order valence-electron chi connectivity index (χ4n) is 3.00. The van der Waals surface area contributed by atoms with Gasteiger partial charge < -0.3 is 15.4 Å². The van der Waals surface area contributed by atoms with Crippen molar-refractivity contribution in [1.29, 1.82) is 0 Å². The fourth-order valence-corrected chi connectivity index (χ4v) is 4.56. The highest BCUT2D eigenvalue weighted by molar-refractivity contribution is 7.92. The topological polar surface area (TPSA) is 114 Å². The van der Waals surface area contributed by atoms with Crippen molar-refractivity contribution in [3.63, 3.8) is 0 Å². The molecule has 1 aliphatic heterocycles. The van der Waals surface area contributed by atoms with Crippen LogP contribution < -0.4 is 10.6 Å². The molecule has 0 radical (unpaired) electrons. The van der Waals surface area contributed by atoms with Crippen molar-refractivity contribution in [2.45, 2.75) is 10.6 Å². The Kier molecular flexibility index (Phi) is 6.68. The van der Waals surface area contributed by atoms with E-state index in [4.69, 9.17) is 27.9 Å². The standard InChI is InChI=1S/C20H17Cl2N3O5S/c1-30-19(27)20(23-10-5-11-24-20)14-7-4-8-15(17(14)22)25-18(26)13-6-2-3-9-16(13)31(28,29)12-21/h2-11,23H,12H2,1H3,(H,25,26). The van der Waals surface area contributed by atoms with Gasteiger partial charge in [0.1, 0.15) is 5.21 Å². The number of halogens is 2. The second-order valence-electron chi connectivity index (χ2n) is 6.32. The molecule has 162 valence electrons. The summed E-state index contributed by atoms with van der Waals surface area (Å²) < 4.78 is 29.4. The summed E-state index contributed by atoms with van der Waals surface area (Å²) in [6, 6.07) is 10.3. The molecule has 2 N–H and O–H groups in total. The molecule has 1 heterocycles. The SMILES string of the molecule is COC(=O)C1(c2cccc(NC(=O)c3ccccc3S(=O)(=O)CCl)c2Cl)N=CC=CN1. The number of carbonyl (C=O) groups excluding carboxylic acids is 2. The Morgan fingerprint density at radius 2 is 1.94 bits per heavy atom. The number of amides is 1. The molecule has 0 saturated heterocycles. The molecule has 1 atom stereocenters. The molecule has 1 aliphatic rings. The average Bonchev–Trinajstić information content (AvgIpc) is 2.80. The Morgan fingerprint density at radius 1 is 1.19 bits per heavy atom. The number of sulfone groups is 1. The molecule has 0 saturated carbocycles. The van der Waals surface area contributed by atoms with Crippen LogP contribution >= 0.6 is 23.2 Å². The highest BCUT2D eigenvalue weighted by atomic mass is 35.5. The summed E-state index contributed by atoms with van der Waals surface area (Å²) in [5.41, 5.74) is -1.34. The lowest BCUT2D eigenvalue weighted by atomic mass is 9.98. The maximum Gasteiger partial charge on any atom is 0.359 e. The van der Waals surface area contributed by atoms with E-state index in [-0.39, 0.29) is 26.7 Å². The molecule has 11 heteroatoms. The predicted octanol–water partition coefficient (Wildman–Crippen LogP) is 3.08. The highest BCUT2D eigenvalue weighted by Crippen LogP contribution is 2.36. The van der Waals surface area contributed by atoms with Crippen molar-refractivity contribution < 1.29 is 22.7 Å². The lowest BCUT2D eigenvalue weighted by molar-refractivity contribution is -0.148. The Labute approximate surface area is 188 Å². The minimum absolute atomic E-state index is 0.0267. The van der Waals surface area contributed by atoms with Gasteiger partial charge in [-0.2, -0.15) is 0 Å². The van der Waals surface area contributed by atoms with Gasteiger partial charge in [-0.25, -0.2) is 18.2 Å². The largest absolute Gasteiger partial charge is 0.466 e. The van der Waals surface area contributed by atoms with E-state index in [1.54, 1.807) is 18.2 Å². The molecule has 1 amide bonds. The molecule has 2 aromatic carbocycles. The average molecular weight is 482 g/mol. The first-order valence-corrected chi connectivity index (χ1v) is 11.4. The molecule has 1 unspecified atom stereocenters. The number of hydrogen-bond donors (Lipinski definition) is 2. The molecular weight excluding hydrogens is 465 g/mol. The van der Waals surface area contributed by atoms with E-state index in [0.29, 0.717) is 0 Å². The third-order valence-corrected chi connectivity index (χ3v) is 7.05. The van der Waals surface area contributed by atoms with Crippen LogP contribution in [-0.2, 0) is 25.0 Å². The van der Waals surface area contributed by atoms with E-state index in [9.17, 15) is 18.0 Å². The molecule has 8 nitrogen and oxygen atoms in total. The van der Waals surface area contributed by atoms with Gasteiger partial charge in [0.05, 0.1) is 28.3 Å². The Hall–Kier alpha value is -2.88. The van der Waals surface area contributed by atoms with Gasteiger partial charge >= 0.3 is 5.97 Å². The lowest BCUT2D eigenvalue weighted by Gasteiger charge is -2.30. The van der Waals surface area contributed by atoms with E-state index >= 15 is 0 Å². The number of anilines is 1. The number of ether oxygens (including phenoxy) is 1. The van der Waals surface area contributed by atoms with Gasteiger partial charge in [-0.05, 0) is 24.3 Å². The van der Waals surface area contributed by atoms with E-state index in [0.717, 1.165) is 0 Å². The van der Waals surface area contributed by atoms with Crippen LogP contribution in [0.2, 0.25) is 5.02 Å². The normalized spacial score (nSPS) is 17.6. The van der Waals surface area contributed by atoms with Gasteiger partial charge in [-0.3, -0.25) is 4.79 Å². The molecule has 0 fully saturated rings. The van der Waals surface area contributed by atoms with Crippen molar-refractivity contribution in [3.05, 3.63) is 70.9 Å².